The van der Waals surface area contributed by atoms with E-state index >= 15 is 0 Å². The molecule has 1 aromatic carbocycles. The van der Waals surface area contributed by atoms with Crippen LogP contribution in [0.3, 0.4) is 0 Å². The van der Waals surface area contributed by atoms with E-state index in [1.165, 1.54) is 0 Å². The van der Waals surface area contributed by atoms with E-state index in [0.717, 1.165) is 49.9 Å². The number of carbonyl (C=O) groups excluding carboxylic acids is 3. The number of benzene rings is 1. The molecule has 3 amide bonds. The van der Waals surface area contributed by atoms with Gasteiger partial charge < -0.3 is 15.5 Å². The molecule has 1 saturated carbocycles. The van der Waals surface area contributed by atoms with E-state index in [9.17, 15) is 14.4 Å². The Morgan fingerprint density at radius 1 is 0.967 bits per heavy atom. The number of para-hydroxylation sites is 1. The van der Waals surface area contributed by atoms with E-state index in [4.69, 9.17) is 0 Å². The molecule has 2 aromatic rings. The van der Waals surface area contributed by atoms with Crippen LogP contribution in [0, 0.1) is 5.92 Å². The van der Waals surface area contributed by atoms with E-state index in [1.54, 1.807) is 17.0 Å². The summed E-state index contributed by atoms with van der Waals surface area (Å²) < 4.78 is 0. The molecule has 1 aliphatic heterocycles. The van der Waals surface area contributed by atoms with Crippen molar-refractivity contribution < 1.29 is 14.4 Å². The Morgan fingerprint density at radius 3 is 2.47 bits per heavy atom. The number of nitrogens with one attached hydrogen (secondary N) is 2. The molecule has 4 rings (SSSR count). The molecule has 1 aliphatic carbocycles. The molecule has 0 radical (unpaired) electrons. The lowest BCUT2D eigenvalue weighted by atomic mass is 9.96. The highest BCUT2D eigenvalue weighted by atomic mass is 32.1. The minimum absolute atomic E-state index is 0.0413. The third-order valence-corrected chi connectivity index (χ3v) is 6.52. The highest BCUT2D eigenvalue weighted by molar-refractivity contribution is 7.15. The van der Waals surface area contributed by atoms with Gasteiger partial charge in [0, 0.05) is 24.8 Å². The number of nitrogens with zero attached hydrogens (tertiary/aromatic N) is 3. The molecule has 8 nitrogen and oxygen atoms in total. The van der Waals surface area contributed by atoms with Gasteiger partial charge in [-0.05, 0) is 37.8 Å². The number of piperidine rings is 1. The van der Waals surface area contributed by atoms with E-state index < -0.39 is 5.91 Å². The largest absolute Gasteiger partial charge is 0.353 e. The summed E-state index contributed by atoms with van der Waals surface area (Å²) in [4.78, 5) is 39.5. The Hall–Kier alpha value is -2.81. The van der Waals surface area contributed by atoms with Gasteiger partial charge in [0.2, 0.25) is 15.9 Å². The summed E-state index contributed by atoms with van der Waals surface area (Å²) in [5, 5.41) is 14.0. The van der Waals surface area contributed by atoms with E-state index in [0.29, 0.717) is 18.8 Å². The fraction of sp³-hybridized carbons (Fsp3) is 0.476. The van der Waals surface area contributed by atoms with Crippen LogP contribution in [0.5, 0.6) is 0 Å². The molecule has 1 atom stereocenters. The average molecular weight is 428 g/mol. The van der Waals surface area contributed by atoms with Gasteiger partial charge in [-0.25, -0.2) is 0 Å². The summed E-state index contributed by atoms with van der Waals surface area (Å²) in [5.41, 5.74) is 0.651. The second-order valence-electron chi connectivity index (χ2n) is 7.81. The standard InChI is InChI=1S/C21H25N5O3S/c27-17(22-15-10-4-5-11-15)14-7-6-12-26(13-14)21(29)20-25-24-19(30-20)18(28)23-16-8-2-1-3-9-16/h1-3,8-9,14-15H,4-7,10-13H2,(H,22,27)(H,23,28)/t14-/m0/s1. The third-order valence-electron chi connectivity index (χ3n) is 5.61. The number of aromatic nitrogens is 2. The molecule has 30 heavy (non-hydrogen) atoms. The third kappa shape index (κ3) is 4.84. The molecule has 2 heterocycles. The van der Waals surface area contributed by atoms with Crippen LogP contribution >= 0.6 is 11.3 Å². The van der Waals surface area contributed by atoms with Crippen molar-refractivity contribution in [2.45, 2.75) is 44.6 Å². The summed E-state index contributed by atoms with van der Waals surface area (Å²) in [6.07, 6.45) is 5.96. The van der Waals surface area contributed by atoms with Crippen LogP contribution in [0.15, 0.2) is 30.3 Å². The molecule has 2 aliphatic rings. The maximum Gasteiger partial charge on any atom is 0.286 e. The summed E-state index contributed by atoms with van der Waals surface area (Å²) in [6, 6.07) is 9.32. The lowest BCUT2D eigenvalue weighted by Crippen LogP contribution is -2.47. The van der Waals surface area contributed by atoms with E-state index in [2.05, 4.69) is 20.8 Å². The minimum Gasteiger partial charge on any atom is -0.353 e. The Labute approximate surface area is 179 Å². The first-order chi connectivity index (χ1) is 14.6. The predicted octanol–water partition coefficient (Wildman–Crippen LogP) is 2.70. The van der Waals surface area contributed by atoms with Gasteiger partial charge in [0.15, 0.2) is 0 Å². The number of likely N-dealkylation sites (tertiary alicyclic amines) is 1. The van der Waals surface area contributed by atoms with Crippen molar-refractivity contribution in [3.63, 3.8) is 0 Å². The fourth-order valence-corrected chi connectivity index (χ4v) is 4.71. The summed E-state index contributed by atoms with van der Waals surface area (Å²) in [5.74, 6) is -0.827. The second kappa shape index (κ2) is 9.34. The molecule has 2 N–H and O–H groups in total. The highest BCUT2D eigenvalue weighted by Gasteiger charge is 2.32. The van der Waals surface area contributed by atoms with Crippen molar-refractivity contribution in [3.05, 3.63) is 40.3 Å². The van der Waals surface area contributed by atoms with Gasteiger partial charge in [-0.2, -0.15) is 0 Å². The van der Waals surface area contributed by atoms with Gasteiger partial charge in [-0.1, -0.05) is 42.4 Å². The molecule has 0 bridgehead atoms. The van der Waals surface area contributed by atoms with Crippen LogP contribution < -0.4 is 10.6 Å². The molecular weight excluding hydrogens is 402 g/mol. The van der Waals surface area contributed by atoms with Crippen LogP contribution in [-0.2, 0) is 4.79 Å². The minimum atomic E-state index is -0.398. The molecule has 1 saturated heterocycles. The van der Waals surface area contributed by atoms with Crippen molar-refractivity contribution in [1.82, 2.24) is 20.4 Å². The van der Waals surface area contributed by atoms with Crippen LogP contribution in [0.25, 0.3) is 0 Å². The molecule has 1 aromatic heterocycles. The lowest BCUT2D eigenvalue weighted by Gasteiger charge is -2.32. The summed E-state index contributed by atoms with van der Waals surface area (Å²) in [7, 11) is 0. The van der Waals surface area contributed by atoms with Crippen LogP contribution in [0.2, 0.25) is 0 Å². The SMILES string of the molecule is O=C(Nc1ccccc1)c1nnc(C(=O)N2CCC[C@H](C(=O)NC3CCCC3)C2)s1. The second-order valence-corrected chi connectivity index (χ2v) is 8.79. The first kappa shape index (κ1) is 20.5. The van der Waals surface area contributed by atoms with Gasteiger partial charge in [-0.15, -0.1) is 10.2 Å². The Balaban J connectivity index is 1.35. The van der Waals surface area contributed by atoms with E-state index in [1.807, 2.05) is 18.2 Å². The Kier molecular flexibility index (Phi) is 6.37. The van der Waals surface area contributed by atoms with Crippen molar-refractivity contribution in [2.75, 3.05) is 18.4 Å². The smallest absolute Gasteiger partial charge is 0.286 e. The summed E-state index contributed by atoms with van der Waals surface area (Å²) in [6.45, 7) is 0.958. The van der Waals surface area contributed by atoms with E-state index in [-0.39, 0.29) is 33.8 Å². The molecule has 158 valence electrons. The zero-order valence-electron chi connectivity index (χ0n) is 16.7. The lowest BCUT2D eigenvalue weighted by molar-refractivity contribution is -0.127. The monoisotopic (exact) mass is 427 g/mol. The van der Waals surface area contributed by atoms with Crippen LogP contribution in [-0.4, -0.2) is 52.0 Å². The van der Waals surface area contributed by atoms with Gasteiger partial charge in [0.25, 0.3) is 11.8 Å². The topological polar surface area (TPSA) is 104 Å². The first-order valence-electron chi connectivity index (χ1n) is 10.4. The Morgan fingerprint density at radius 2 is 1.70 bits per heavy atom. The number of hydrogen-bond donors (Lipinski definition) is 2. The number of amides is 3. The molecule has 9 heteroatoms. The fourth-order valence-electron chi connectivity index (χ4n) is 4.01. The molecule has 2 fully saturated rings. The van der Waals surface area contributed by atoms with Crippen molar-refractivity contribution in [3.8, 4) is 0 Å². The zero-order valence-corrected chi connectivity index (χ0v) is 17.5. The normalized spacial score (nSPS) is 19.5. The van der Waals surface area contributed by atoms with Gasteiger partial charge in [0.05, 0.1) is 5.92 Å². The maximum absolute atomic E-state index is 12.9. The first-order valence-corrected chi connectivity index (χ1v) is 11.2. The van der Waals surface area contributed by atoms with Gasteiger partial charge in [-0.3, -0.25) is 14.4 Å². The van der Waals surface area contributed by atoms with Gasteiger partial charge >= 0.3 is 0 Å². The predicted molar refractivity (Wildman–Crippen MR) is 113 cm³/mol. The molecule has 0 spiro atoms. The van der Waals surface area contributed by atoms with Crippen molar-refractivity contribution >= 4 is 34.7 Å². The number of anilines is 1. The maximum atomic E-state index is 12.9. The number of rotatable bonds is 5. The highest BCUT2D eigenvalue weighted by Crippen LogP contribution is 2.23. The average Bonchev–Trinajstić information content (AvgIpc) is 3.46. The van der Waals surface area contributed by atoms with Crippen molar-refractivity contribution in [2.24, 2.45) is 5.92 Å². The molecular formula is C21H25N5O3S. The molecule has 0 unspecified atom stereocenters. The van der Waals surface area contributed by atoms with Crippen LogP contribution in [0.1, 0.15) is 58.1 Å². The zero-order chi connectivity index (χ0) is 20.9. The summed E-state index contributed by atoms with van der Waals surface area (Å²) >= 11 is 0.972. The van der Waals surface area contributed by atoms with Crippen LogP contribution in [0.4, 0.5) is 5.69 Å². The van der Waals surface area contributed by atoms with Gasteiger partial charge in [0.1, 0.15) is 0 Å². The Bertz CT molecular complexity index is 910. The number of hydrogen-bond acceptors (Lipinski definition) is 6. The quantitative estimate of drug-likeness (QED) is 0.763. The number of carbonyl (C=O) groups is 3. The van der Waals surface area contributed by atoms with Crippen molar-refractivity contribution in [1.29, 1.82) is 0 Å².